The molecular formula is C16H20F3NO2. The number of alkyl halides is 3. The van der Waals surface area contributed by atoms with Crippen molar-refractivity contribution in [2.24, 2.45) is 5.92 Å². The minimum absolute atomic E-state index is 0.00768. The van der Waals surface area contributed by atoms with E-state index >= 15 is 0 Å². The summed E-state index contributed by atoms with van der Waals surface area (Å²) in [6.07, 6.45) is -4.07. The molecule has 1 aliphatic rings. The van der Waals surface area contributed by atoms with Crippen LogP contribution in [-0.2, 0) is 17.4 Å². The minimum atomic E-state index is -4.46. The zero-order valence-electron chi connectivity index (χ0n) is 12.7. The van der Waals surface area contributed by atoms with Gasteiger partial charge in [-0.05, 0) is 31.9 Å². The summed E-state index contributed by atoms with van der Waals surface area (Å²) in [5, 5.41) is 9.97. The topological polar surface area (TPSA) is 40.5 Å². The lowest BCUT2D eigenvalue weighted by Gasteiger charge is -2.25. The molecule has 1 aromatic rings. The van der Waals surface area contributed by atoms with Crippen LogP contribution in [0.15, 0.2) is 24.3 Å². The van der Waals surface area contributed by atoms with Crippen molar-refractivity contribution in [1.82, 2.24) is 4.90 Å². The number of rotatable bonds is 3. The second-order valence-electron chi connectivity index (χ2n) is 6.31. The summed E-state index contributed by atoms with van der Waals surface area (Å²) in [7, 11) is 0. The zero-order chi connectivity index (χ0) is 16.5. The molecule has 0 radical (unpaired) electrons. The van der Waals surface area contributed by atoms with E-state index in [2.05, 4.69) is 0 Å². The second-order valence-corrected chi connectivity index (χ2v) is 6.31. The Bertz CT molecular complexity index is 549. The van der Waals surface area contributed by atoms with Crippen LogP contribution in [0.25, 0.3) is 0 Å². The van der Waals surface area contributed by atoms with Crippen molar-refractivity contribution in [2.45, 2.75) is 38.5 Å². The molecule has 0 saturated carbocycles. The summed E-state index contributed by atoms with van der Waals surface area (Å²) < 4.78 is 38.8. The Hall–Kier alpha value is -1.56. The first-order valence-electron chi connectivity index (χ1n) is 7.24. The molecule has 0 aromatic heterocycles. The fraction of sp³-hybridized carbons (Fsp3) is 0.562. The number of carbonyl (C=O) groups excluding carboxylic acids is 1. The predicted molar refractivity (Wildman–Crippen MR) is 76.1 cm³/mol. The molecule has 1 heterocycles. The van der Waals surface area contributed by atoms with E-state index in [4.69, 9.17) is 0 Å². The Morgan fingerprint density at radius 1 is 1.32 bits per heavy atom. The van der Waals surface area contributed by atoms with Gasteiger partial charge in [-0.2, -0.15) is 13.2 Å². The standard InChI is InChI=1S/C16H20F3NO2/c1-15(2,22)12-7-8-20(10-12)14(21)9-11-5-3-4-6-13(11)16(17,18)19/h3-6,12,22H,7-10H2,1-2H3. The number of aliphatic hydroxyl groups is 1. The van der Waals surface area contributed by atoms with Gasteiger partial charge in [0.05, 0.1) is 17.6 Å². The first-order chi connectivity index (χ1) is 10.1. The van der Waals surface area contributed by atoms with Crippen LogP contribution in [0.2, 0.25) is 0 Å². The van der Waals surface area contributed by atoms with Crippen LogP contribution >= 0.6 is 0 Å². The van der Waals surface area contributed by atoms with Gasteiger partial charge >= 0.3 is 6.18 Å². The van der Waals surface area contributed by atoms with Crippen molar-refractivity contribution >= 4 is 5.91 Å². The fourth-order valence-electron chi connectivity index (χ4n) is 2.79. The van der Waals surface area contributed by atoms with Crippen LogP contribution in [0, 0.1) is 5.92 Å². The Morgan fingerprint density at radius 2 is 1.95 bits per heavy atom. The molecular weight excluding hydrogens is 295 g/mol. The number of hydrogen-bond acceptors (Lipinski definition) is 2. The van der Waals surface area contributed by atoms with E-state index in [-0.39, 0.29) is 23.8 Å². The average Bonchev–Trinajstić information content (AvgIpc) is 2.87. The fourth-order valence-corrected chi connectivity index (χ4v) is 2.79. The first kappa shape index (κ1) is 16.8. The van der Waals surface area contributed by atoms with Gasteiger partial charge in [-0.15, -0.1) is 0 Å². The van der Waals surface area contributed by atoms with Crippen LogP contribution in [0.5, 0.6) is 0 Å². The average molecular weight is 315 g/mol. The molecule has 1 saturated heterocycles. The van der Waals surface area contributed by atoms with E-state index in [0.717, 1.165) is 6.07 Å². The third kappa shape index (κ3) is 3.80. The molecule has 1 atom stereocenters. The van der Waals surface area contributed by atoms with Crippen LogP contribution in [0.4, 0.5) is 13.2 Å². The molecule has 0 spiro atoms. The normalized spacial score (nSPS) is 19.5. The van der Waals surface area contributed by atoms with E-state index in [1.165, 1.54) is 23.1 Å². The van der Waals surface area contributed by atoms with Gasteiger partial charge in [0.15, 0.2) is 0 Å². The van der Waals surface area contributed by atoms with Gasteiger partial charge in [0.1, 0.15) is 0 Å². The second kappa shape index (κ2) is 5.91. The lowest BCUT2D eigenvalue weighted by molar-refractivity contribution is -0.138. The third-order valence-electron chi connectivity index (χ3n) is 4.20. The lowest BCUT2D eigenvalue weighted by Crippen LogP contribution is -2.36. The number of halogens is 3. The van der Waals surface area contributed by atoms with Gasteiger partial charge in [0.2, 0.25) is 5.91 Å². The summed E-state index contributed by atoms with van der Waals surface area (Å²) in [6, 6.07) is 5.15. The zero-order valence-corrected chi connectivity index (χ0v) is 12.7. The van der Waals surface area contributed by atoms with Crippen molar-refractivity contribution in [3.8, 4) is 0 Å². The highest BCUT2D eigenvalue weighted by atomic mass is 19.4. The van der Waals surface area contributed by atoms with Crippen molar-refractivity contribution < 1.29 is 23.1 Å². The van der Waals surface area contributed by atoms with E-state index in [0.29, 0.717) is 19.5 Å². The summed E-state index contributed by atoms with van der Waals surface area (Å²) in [6.45, 7) is 4.23. The van der Waals surface area contributed by atoms with Crippen molar-refractivity contribution in [2.75, 3.05) is 13.1 Å². The van der Waals surface area contributed by atoms with Gasteiger partial charge < -0.3 is 10.0 Å². The van der Waals surface area contributed by atoms with Crippen LogP contribution in [0.3, 0.4) is 0 Å². The smallest absolute Gasteiger partial charge is 0.390 e. The molecule has 1 unspecified atom stereocenters. The SMILES string of the molecule is CC(C)(O)C1CCN(C(=O)Cc2ccccc2C(F)(F)F)C1. The van der Waals surface area contributed by atoms with E-state index in [1.54, 1.807) is 13.8 Å². The monoisotopic (exact) mass is 315 g/mol. The molecule has 1 aromatic carbocycles. The van der Waals surface area contributed by atoms with Crippen molar-refractivity contribution in [3.05, 3.63) is 35.4 Å². The number of amides is 1. The van der Waals surface area contributed by atoms with Gasteiger partial charge in [-0.3, -0.25) is 4.79 Å². The van der Waals surface area contributed by atoms with Crippen molar-refractivity contribution in [3.63, 3.8) is 0 Å². The number of benzene rings is 1. The largest absolute Gasteiger partial charge is 0.416 e. The van der Waals surface area contributed by atoms with Crippen LogP contribution in [-0.4, -0.2) is 34.6 Å². The molecule has 1 N–H and O–H groups in total. The highest BCUT2D eigenvalue weighted by Gasteiger charge is 2.37. The summed E-state index contributed by atoms with van der Waals surface area (Å²) >= 11 is 0. The summed E-state index contributed by atoms with van der Waals surface area (Å²) in [5.41, 5.74) is -1.66. The van der Waals surface area contributed by atoms with E-state index in [1.807, 2.05) is 0 Å². The minimum Gasteiger partial charge on any atom is -0.390 e. The summed E-state index contributed by atoms with van der Waals surface area (Å²) in [5.74, 6) is -0.377. The number of carbonyl (C=O) groups is 1. The maximum Gasteiger partial charge on any atom is 0.416 e. The Kier molecular flexibility index (Phi) is 4.52. The molecule has 1 fully saturated rings. The highest BCUT2D eigenvalue weighted by Crippen LogP contribution is 2.33. The molecule has 22 heavy (non-hydrogen) atoms. The number of nitrogens with zero attached hydrogens (tertiary/aromatic N) is 1. The van der Waals surface area contributed by atoms with E-state index < -0.39 is 17.3 Å². The summed E-state index contributed by atoms with van der Waals surface area (Å²) in [4.78, 5) is 13.8. The maximum absolute atomic E-state index is 12.9. The molecule has 122 valence electrons. The third-order valence-corrected chi connectivity index (χ3v) is 4.20. The first-order valence-corrected chi connectivity index (χ1v) is 7.24. The molecule has 1 aliphatic heterocycles. The highest BCUT2D eigenvalue weighted by molar-refractivity contribution is 5.79. The van der Waals surface area contributed by atoms with Gasteiger partial charge in [-0.25, -0.2) is 0 Å². The number of hydrogen-bond donors (Lipinski definition) is 1. The Labute approximate surface area is 127 Å². The molecule has 0 bridgehead atoms. The molecule has 6 heteroatoms. The van der Waals surface area contributed by atoms with Gasteiger partial charge in [0, 0.05) is 19.0 Å². The number of likely N-dealkylation sites (tertiary alicyclic amines) is 1. The molecule has 0 aliphatic carbocycles. The molecule has 3 nitrogen and oxygen atoms in total. The maximum atomic E-state index is 12.9. The lowest BCUT2D eigenvalue weighted by atomic mass is 9.90. The van der Waals surface area contributed by atoms with Crippen LogP contribution < -0.4 is 0 Å². The molecule has 2 rings (SSSR count). The Morgan fingerprint density at radius 3 is 2.50 bits per heavy atom. The van der Waals surface area contributed by atoms with Gasteiger partial charge in [-0.1, -0.05) is 18.2 Å². The van der Waals surface area contributed by atoms with Crippen molar-refractivity contribution in [1.29, 1.82) is 0 Å². The predicted octanol–water partition coefficient (Wildman–Crippen LogP) is 2.87. The van der Waals surface area contributed by atoms with Crippen LogP contribution in [0.1, 0.15) is 31.4 Å². The quantitative estimate of drug-likeness (QED) is 0.932. The van der Waals surface area contributed by atoms with Gasteiger partial charge in [0.25, 0.3) is 0 Å². The molecule has 1 amide bonds. The van der Waals surface area contributed by atoms with E-state index in [9.17, 15) is 23.1 Å². The Balaban J connectivity index is 2.08.